The third-order valence-electron chi connectivity index (χ3n) is 5.53. The first kappa shape index (κ1) is 19.8. The lowest BCUT2D eigenvalue weighted by Gasteiger charge is -2.15. The Labute approximate surface area is 183 Å². The summed E-state index contributed by atoms with van der Waals surface area (Å²) in [5.74, 6) is 0.640. The number of anilines is 4. The van der Waals surface area contributed by atoms with E-state index in [1.54, 1.807) is 23.2 Å². The van der Waals surface area contributed by atoms with E-state index < -0.39 is 5.76 Å². The standard InChI is InChI=1S/C23H22N6O3/c1-13-12-24-22(26-15-5-7-17-14(10-15)4-3-9-29(2)21(17)30)28-20(13)25-16-6-8-19-18(11-16)27-23(31)32-19/h5-8,10-12H,3-4,9H2,1-2H3,(H,27,31)(H2,24,25,26,28). The number of fused-ring (bicyclic) bond motifs is 2. The minimum Gasteiger partial charge on any atom is -0.408 e. The van der Waals surface area contributed by atoms with Gasteiger partial charge in [0.15, 0.2) is 5.58 Å². The number of H-pyrrole nitrogens is 1. The van der Waals surface area contributed by atoms with Crippen LogP contribution in [0.1, 0.15) is 27.9 Å². The first-order valence-corrected chi connectivity index (χ1v) is 10.4. The van der Waals surface area contributed by atoms with E-state index in [2.05, 4.69) is 25.6 Å². The molecule has 162 valence electrons. The maximum Gasteiger partial charge on any atom is 0.417 e. The van der Waals surface area contributed by atoms with Crippen molar-refractivity contribution in [2.24, 2.45) is 0 Å². The number of nitrogens with one attached hydrogen (secondary N) is 3. The van der Waals surface area contributed by atoms with Crippen molar-refractivity contribution < 1.29 is 9.21 Å². The van der Waals surface area contributed by atoms with Gasteiger partial charge in [0, 0.05) is 42.3 Å². The molecule has 1 aliphatic heterocycles. The summed E-state index contributed by atoms with van der Waals surface area (Å²) >= 11 is 0. The molecule has 3 heterocycles. The Bertz CT molecular complexity index is 1390. The Morgan fingerprint density at radius 2 is 1.91 bits per heavy atom. The Hall–Kier alpha value is -4.14. The molecule has 5 rings (SSSR count). The molecular weight excluding hydrogens is 408 g/mol. The van der Waals surface area contributed by atoms with Crippen LogP contribution in [0, 0.1) is 6.92 Å². The maximum atomic E-state index is 12.5. The summed E-state index contributed by atoms with van der Waals surface area (Å²) in [6, 6.07) is 11.0. The van der Waals surface area contributed by atoms with Crippen LogP contribution in [0.4, 0.5) is 23.1 Å². The number of aromatic amines is 1. The van der Waals surface area contributed by atoms with Crippen molar-refractivity contribution in [3.05, 3.63) is 69.8 Å². The second-order valence-corrected chi connectivity index (χ2v) is 7.90. The molecule has 2 aromatic heterocycles. The second kappa shape index (κ2) is 7.84. The lowest BCUT2D eigenvalue weighted by atomic mass is 10.0. The Morgan fingerprint density at radius 3 is 2.78 bits per heavy atom. The van der Waals surface area contributed by atoms with Crippen LogP contribution in [0.5, 0.6) is 0 Å². The van der Waals surface area contributed by atoms with Crippen molar-refractivity contribution in [3.8, 4) is 0 Å². The fourth-order valence-electron chi connectivity index (χ4n) is 3.83. The summed E-state index contributed by atoms with van der Waals surface area (Å²) in [5, 5.41) is 6.50. The molecule has 0 bridgehead atoms. The van der Waals surface area contributed by atoms with Gasteiger partial charge in [0.05, 0.1) is 5.52 Å². The highest BCUT2D eigenvalue weighted by molar-refractivity contribution is 5.96. The lowest BCUT2D eigenvalue weighted by Crippen LogP contribution is -2.26. The maximum absolute atomic E-state index is 12.5. The van der Waals surface area contributed by atoms with Crippen molar-refractivity contribution in [2.45, 2.75) is 19.8 Å². The molecule has 0 fully saturated rings. The molecular formula is C23H22N6O3. The number of nitrogens with zero attached hydrogens (tertiary/aromatic N) is 3. The van der Waals surface area contributed by atoms with E-state index in [-0.39, 0.29) is 5.91 Å². The van der Waals surface area contributed by atoms with Gasteiger partial charge in [-0.1, -0.05) is 0 Å². The van der Waals surface area contributed by atoms with Crippen LogP contribution in [-0.2, 0) is 6.42 Å². The number of amides is 1. The quantitative estimate of drug-likeness (QED) is 0.452. The highest BCUT2D eigenvalue weighted by atomic mass is 16.4. The van der Waals surface area contributed by atoms with E-state index in [4.69, 9.17) is 4.42 Å². The SMILES string of the molecule is Cc1cnc(Nc2ccc3c(c2)CCCN(C)C3=O)nc1Nc1ccc2oc(=O)[nH]c2c1. The zero-order chi connectivity index (χ0) is 22.2. The van der Waals surface area contributed by atoms with Crippen molar-refractivity contribution in [1.82, 2.24) is 19.9 Å². The molecule has 0 atom stereocenters. The molecule has 1 amide bonds. The summed E-state index contributed by atoms with van der Waals surface area (Å²) < 4.78 is 5.04. The topological polar surface area (TPSA) is 116 Å². The zero-order valence-electron chi connectivity index (χ0n) is 17.7. The normalized spacial score (nSPS) is 13.7. The van der Waals surface area contributed by atoms with Gasteiger partial charge in [0.25, 0.3) is 5.91 Å². The minimum absolute atomic E-state index is 0.0538. The smallest absolute Gasteiger partial charge is 0.408 e. The van der Waals surface area contributed by atoms with Crippen molar-refractivity contribution in [1.29, 1.82) is 0 Å². The third-order valence-corrected chi connectivity index (χ3v) is 5.53. The summed E-state index contributed by atoms with van der Waals surface area (Å²) in [6.45, 7) is 2.67. The molecule has 0 aliphatic carbocycles. The largest absolute Gasteiger partial charge is 0.417 e. The molecule has 0 saturated carbocycles. The molecule has 4 aromatic rings. The number of rotatable bonds is 4. The van der Waals surface area contributed by atoms with Gasteiger partial charge in [-0.05, 0) is 61.7 Å². The lowest BCUT2D eigenvalue weighted by molar-refractivity contribution is 0.0800. The average Bonchev–Trinajstić information content (AvgIpc) is 3.08. The van der Waals surface area contributed by atoms with Gasteiger partial charge in [-0.15, -0.1) is 0 Å². The molecule has 32 heavy (non-hydrogen) atoms. The Morgan fingerprint density at radius 1 is 1.09 bits per heavy atom. The monoisotopic (exact) mass is 430 g/mol. The van der Waals surface area contributed by atoms with Crippen LogP contribution in [0.25, 0.3) is 11.1 Å². The molecule has 0 spiro atoms. The molecule has 1 aliphatic rings. The molecule has 3 N–H and O–H groups in total. The number of hydrogen-bond donors (Lipinski definition) is 3. The predicted octanol–water partition coefficient (Wildman–Crippen LogP) is 3.72. The molecule has 0 radical (unpaired) electrons. The van der Waals surface area contributed by atoms with Gasteiger partial charge >= 0.3 is 5.76 Å². The van der Waals surface area contributed by atoms with E-state index >= 15 is 0 Å². The summed E-state index contributed by atoms with van der Waals surface area (Å²) in [5.41, 5.74) is 5.33. The highest BCUT2D eigenvalue weighted by Gasteiger charge is 2.19. The van der Waals surface area contributed by atoms with Crippen molar-refractivity contribution >= 4 is 40.1 Å². The summed E-state index contributed by atoms with van der Waals surface area (Å²) in [4.78, 5) is 37.3. The van der Waals surface area contributed by atoms with Crippen LogP contribution in [-0.4, -0.2) is 39.4 Å². The van der Waals surface area contributed by atoms with Crippen LogP contribution >= 0.6 is 0 Å². The van der Waals surface area contributed by atoms with Gasteiger partial charge in [0.1, 0.15) is 5.82 Å². The Balaban J connectivity index is 1.39. The minimum atomic E-state index is -0.490. The van der Waals surface area contributed by atoms with E-state index in [9.17, 15) is 9.59 Å². The number of aryl methyl sites for hydroxylation is 2. The second-order valence-electron chi connectivity index (χ2n) is 7.90. The zero-order valence-corrected chi connectivity index (χ0v) is 17.7. The molecule has 9 nitrogen and oxygen atoms in total. The number of oxazole rings is 1. The number of carbonyl (C=O) groups is 1. The van der Waals surface area contributed by atoms with Gasteiger partial charge in [-0.2, -0.15) is 4.98 Å². The number of carbonyl (C=O) groups excluding carboxylic acids is 1. The first-order chi connectivity index (χ1) is 15.5. The Kier molecular flexibility index (Phi) is 4.85. The van der Waals surface area contributed by atoms with Gasteiger partial charge < -0.3 is 20.0 Å². The van der Waals surface area contributed by atoms with Crippen molar-refractivity contribution in [3.63, 3.8) is 0 Å². The van der Waals surface area contributed by atoms with E-state index in [1.165, 1.54) is 0 Å². The average molecular weight is 430 g/mol. The first-order valence-electron chi connectivity index (χ1n) is 10.4. The number of aromatic nitrogens is 3. The third kappa shape index (κ3) is 3.80. The highest BCUT2D eigenvalue weighted by Crippen LogP contribution is 2.26. The molecule has 0 unspecified atom stereocenters. The predicted molar refractivity (Wildman–Crippen MR) is 122 cm³/mol. The van der Waals surface area contributed by atoms with E-state index in [0.717, 1.165) is 47.5 Å². The molecule has 9 heteroatoms. The summed E-state index contributed by atoms with van der Waals surface area (Å²) in [6.07, 6.45) is 3.51. The van der Waals surface area contributed by atoms with Crippen LogP contribution in [0.3, 0.4) is 0 Å². The van der Waals surface area contributed by atoms with Crippen LogP contribution in [0.15, 0.2) is 51.8 Å². The fourth-order valence-corrected chi connectivity index (χ4v) is 3.83. The van der Waals surface area contributed by atoms with Gasteiger partial charge in [-0.3, -0.25) is 9.78 Å². The van der Waals surface area contributed by atoms with Gasteiger partial charge in [-0.25, -0.2) is 9.78 Å². The fraction of sp³-hybridized carbons (Fsp3) is 0.217. The van der Waals surface area contributed by atoms with Crippen molar-refractivity contribution in [2.75, 3.05) is 24.2 Å². The van der Waals surface area contributed by atoms with E-state index in [1.807, 2.05) is 38.2 Å². The molecule has 0 saturated heterocycles. The van der Waals surface area contributed by atoms with E-state index in [0.29, 0.717) is 22.9 Å². The van der Waals surface area contributed by atoms with Crippen LogP contribution in [0.2, 0.25) is 0 Å². The van der Waals surface area contributed by atoms with Gasteiger partial charge in [0.2, 0.25) is 5.95 Å². The van der Waals surface area contributed by atoms with Crippen LogP contribution < -0.4 is 16.4 Å². The number of benzene rings is 2. The summed E-state index contributed by atoms with van der Waals surface area (Å²) in [7, 11) is 1.83. The number of hydrogen-bond acceptors (Lipinski definition) is 7. The molecule has 2 aromatic carbocycles.